The van der Waals surface area contributed by atoms with E-state index in [1.165, 1.54) is 11.8 Å². The second-order valence-corrected chi connectivity index (χ2v) is 10.0. The van der Waals surface area contributed by atoms with Crippen molar-refractivity contribution in [3.63, 3.8) is 0 Å². The van der Waals surface area contributed by atoms with Crippen molar-refractivity contribution in [2.24, 2.45) is 21.9 Å². The van der Waals surface area contributed by atoms with Gasteiger partial charge in [0.2, 0.25) is 0 Å². The molecule has 122 valence electrons. The van der Waals surface area contributed by atoms with Crippen LogP contribution in [-0.2, 0) is 14.6 Å². The third-order valence-corrected chi connectivity index (χ3v) is 7.64. The summed E-state index contributed by atoms with van der Waals surface area (Å²) in [7, 11) is -3.32. The highest BCUT2D eigenvalue weighted by Crippen LogP contribution is 2.50. The van der Waals surface area contributed by atoms with Gasteiger partial charge >= 0.3 is 0 Å². The zero-order valence-electron chi connectivity index (χ0n) is 12.9. The Labute approximate surface area is 135 Å². The number of amides is 1. The highest BCUT2D eigenvalue weighted by Gasteiger charge is 2.45. The van der Waals surface area contributed by atoms with Crippen LogP contribution in [0.15, 0.2) is 27.0 Å². The Kier molecular flexibility index (Phi) is 4.20. The van der Waals surface area contributed by atoms with Crippen LogP contribution in [0.1, 0.15) is 33.6 Å². The quantitative estimate of drug-likeness (QED) is 0.576. The fourth-order valence-corrected chi connectivity index (χ4v) is 6.93. The third-order valence-electron chi connectivity index (χ3n) is 3.86. The Bertz CT molecular complexity index is 701. The van der Waals surface area contributed by atoms with Crippen molar-refractivity contribution >= 4 is 33.5 Å². The molecule has 0 radical (unpaired) electrons. The number of allylic oxidation sites excluding steroid dienone is 2. The first-order chi connectivity index (χ1) is 10.0. The number of carbonyl (C=O) groups is 1. The molecule has 0 saturated heterocycles. The number of nitrogens with two attached hydrogens (primary N) is 2. The Morgan fingerprint density at radius 2 is 2.05 bits per heavy atom. The molecule has 1 aliphatic carbocycles. The van der Waals surface area contributed by atoms with Crippen LogP contribution < -0.4 is 11.5 Å². The number of aliphatic imine (C=N–C) groups is 1. The molecule has 22 heavy (non-hydrogen) atoms. The van der Waals surface area contributed by atoms with Gasteiger partial charge in [0.05, 0.1) is 16.1 Å². The molecule has 0 aromatic rings. The molecule has 4 N–H and O–H groups in total. The smallest absolute Gasteiger partial charge is 0.259 e. The van der Waals surface area contributed by atoms with E-state index >= 15 is 0 Å². The normalized spacial score (nSPS) is 28.9. The molecule has 8 heteroatoms. The van der Waals surface area contributed by atoms with Crippen LogP contribution in [0.5, 0.6) is 0 Å². The van der Waals surface area contributed by atoms with Crippen LogP contribution in [0.3, 0.4) is 0 Å². The van der Waals surface area contributed by atoms with E-state index in [1.807, 2.05) is 20.8 Å². The minimum absolute atomic E-state index is 0.0921. The fourth-order valence-electron chi connectivity index (χ4n) is 2.79. The molecule has 6 nitrogen and oxygen atoms in total. The van der Waals surface area contributed by atoms with Crippen molar-refractivity contribution in [2.45, 2.75) is 38.4 Å². The van der Waals surface area contributed by atoms with Crippen LogP contribution in [0.2, 0.25) is 0 Å². The van der Waals surface area contributed by atoms with Crippen LogP contribution >= 0.6 is 11.8 Å². The van der Waals surface area contributed by atoms with Gasteiger partial charge in [-0.15, -0.1) is 11.8 Å². The van der Waals surface area contributed by atoms with Gasteiger partial charge in [-0.2, -0.15) is 4.99 Å². The third kappa shape index (κ3) is 3.08. The lowest BCUT2D eigenvalue weighted by Crippen LogP contribution is -2.38. The van der Waals surface area contributed by atoms with Gasteiger partial charge in [0.25, 0.3) is 5.91 Å². The summed E-state index contributed by atoms with van der Waals surface area (Å²) in [6.07, 6.45) is 3.99. The maximum atomic E-state index is 12.4. The Morgan fingerprint density at radius 1 is 1.41 bits per heavy atom. The first kappa shape index (κ1) is 17.1. The molecular weight excluding hydrogens is 322 g/mol. The van der Waals surface area contributed by atoms with Crippen LogP contribution in [0.4, 0.5) is 0 Å². The summed E-state index contributed by atoms with van der Waals surface area (Å²) in [4.78, 5) is 17.1. The molecule has 0 saturated carbocycles. The summed E-state index contributed by atoms with van der Waals surface area (Å²) < 4.78 is 24.4. The maximum absolute atomic E-state index is 12.4. The molecule has 0 aromatic carbocycles. The molecule has 0 aromatic heterocycles. The van der Waals surface area contributed by atoms with Gasteiger partial charge in [-0.25, -0.2) is 8.42 Å². The Hall–Kier alpha value is -1.28. The van der Waals surface area contributed by atoms with E-state index in [0.29, 0.717) is 17.7 Å². The van der Waals surface area contributed by atoms with Crippen LogP contribution in [0, 0.1) is 5.41 Å². The molecule has 0 fully saturated rings. The lowest BCUT2D eigenvalue weighted by atomic mass is 9.78. The standard InChI is InChI=1S/C14H21N3O3S2/c1-4-14(11(18)17-12(15)16)6-5-10-9(7-14)21-13(2,3)8-22(10,19)20/h5-6H,4,7-8H2,1-3H3,(H4,15,16,17,18). The molecule has 0 bridgehead atoms. The van der Waals surface area contributed by atoms with Crippen molar-refractivity contribution in [1.29, 1.82) is 0 Å². The predicted molar refractivity (Wildman–Crippen MR) is 89.8 cm³/mol. The van der Waals surface area contributed by atoms with Gasteiger partial charge < -0.3 is 11.5 Å². The second kappa shape index (κ2) is 5.42. The fraction of sp³-hybridized carbons (Fsp3) is 0.571. The first-order valence-electron chi connectivity index (χ1n) is 7.00. The molecule has 0 spiro atoms. The number of nitrogens with zero attached hydrogens (tertiary/aromatic N) is 1. The number of thioether (sulfide) groups is 1. The lowest BCUT2D eigenvalue weighted by Gasteiger charge is -2.37. The van der Waals surface area contributed by atoms with E-state index in [2.05, 4.69) is 4.99 Å². The highest BCUT2D eigenvalue weighted by molar-refractivity contribution is 8.08. The molecule has 1 aliphatic heterocycles. The zero-order valence-corrected chi connectivity index (χ0v) is 14.6. The van der Waals surface area contributed by atoms with E-state index < -0.39 is 25.9 Å². The van der Waals surface area contributed by atoms with E-state index in [0.717, 1.165) is 4.91 Å². The average Bonchev–Trinajstić information content (AvgIpc) is 2.34. The first-order valence-corrected chi connectivity index (χ1v) is 9.46. The van der Waals surface area contributed by atoms with E-state index in [1.54, 1.807) is 12.2 Å². The topological polar surface area (TPSA) is 116 Å². The summed E-state index contributed by atoms with van der Waals surface area (Å²) in [5.41, 5.74) is 9.73. The minimum Gasteiger partial charge on any atom is -0.370 e. The number of carbonyl (C=O) groups excluding carboxylic acids is 1. The molecule has 1 amide bonds. The largest absolute Gasteiger partial charge is 0.370 e. The average molecular weight is 343 g/mol. The van der Waals surface area contributed by atoms with Gasteiger partial charge in [-0.1, -0.05) is 13.0 Å². The molecule has 2 aliphatic rings. The summed E-state index contributed by atoms with van der Waals surface area (Å²) in [5, 5.41) is 0. The van der Waals surface area contributed by atoms with Crippen molar-refractivity contribution in [3.8, 4) is 0 Å². The summed E-state index contributed by atoms with van der Waals surface area (Å²) >= 11 is 1.51. The lowest BCUT2D eigenvalue weighted by molar-refractivity contribution is -0.125. The summed E-state index contributed by atoms with van der Waals surface area (Å²) in [6.45, 7) is 5.65. The second-order valence-electron chi connectivity index (χ2n) is 6.27. The number of hydrogen-bond donors (Lipinski definition) is 2. The van der Waals surface area contributed by atoms with E-state index in [-0.39, 0.29) is 11.7 Å². The predicted octanol–water partition coefficient (Wildman–Crippen LogP) is 1.29. The number of sulfone groups is 1. The molecule has 1 atom stereocenters. The number of guanidine groups is 1. The maximum Gasteiger partial charge on any atom is 0.259 e. The highest BCUT2D eigenvalue weighted by atomic mass is 32.2. The van der Waals surface area contributed by atoms with Gasteiger partial charge in [0.15, 0.2) is 15.8 Å². The molecule has 2 rings (SSSR count). The molecule has 1 heterocycles. The van der Waals surface area contributed by atoms with Gasteiger partial charge in [0.1, 0.15) is 0 Å². The number of rotatable bonds is 2. The van der Waals surface area contributed by atoms with Crippen molar-refractivity contribution < 1.29 is 13.2 Å². The van der Waals surface area contributed by atoms with Gasteiger partial charge in [0, 0.05) is 9.65 Å². The Morgan fingerprint density at radius 3 is 2.59 bits per heavy atom. The van der Waals surface area contributed by atoms with Crippen LogP contribution in [0.25, 0.3) is 0 Å². The number of hydrogen-bond acceptors (Lipinski definition) is 4. The van der Waals surface area contributed by atoms with Gasteiger partial charge in [-0.05, 0) is 32.8 Å². The minimum atomic E-state index is -3.32. The SMILES string of the molecule is CCC1(C(=O)N=C(N)N)C=CC2=C(C1)SC(C)(C)CS2(=O)=O. The van der Waals surface area contributed by atoms with E-state index in [9.17, 15) is 13.2 Å². The summed E-state index contributed by atoms with van der Waals surface area (Å²) in [5.74, 6) is -0.621. The van der Waals surface area contributed by atoms with Crippen molar-refractivity contribution in [1.82, 2.24) is 0 Å². The van der Waals surface area contributed by atoms with Crippen molar-refractivity contribution in [3.05, 3.63) is 22.0 Å². The van der Waals surface area contributed by atoms with Crippen molar-refractivity contribution in [2.75, 3.05) is 5.75 Å². The Balaban J connectivity index is 2.47. The molecular formula is C14H21N3O3S2. The summed E-state index contributed by atoms with van der Waals surface area (Å²) in [6, 6.07) is 0. The monoisotopic (exact) mass is 343 g/mol. The zero-order chi connectivity index (χ0) is 16.8. The van der Waals surface area contributed by atoms with E-state index in [4.69, 9.17) is 11.5 Å². The van der Waals surface area contributed by atoms with Gasteiger partial charge in [-0.3, -0.25) is 4.79 Å². The van der Waals surface area contributed by atoms with Crippen LogP contribution in [-0.4, -0.2) is 30.8 Å². The molecule has 1 unspecified atom stereocenters.